The van der Waals surface area contributed by atoms with E-state index in [-0.39, 0.29) is 17.4 Å². The number of ether oxygens (including phenoxy) is 1. The fraction of sp³-hybridized carbons (Fsp3) is 0.421. The van der Waals surface area contributed by atoms with Crippen LogP contribution >= 0.6 is 0 Å². The second-order valence-electron chi connectivity index (χ2n) is 6.88. The van der Waals surface area contributed by atoms with Crippen molar-refractivity contribution in [2.24, 2.45) is 0 Å². The highest BCUT2D eigenvalue weighted by Crippen LogP contribution is 2.25. The number of carbonyl (C=O) groups excluding carboxylic acids is 1. The molecule has 0 spiro atoms. The maximum absolute atomic E-state index is 12.1. The molecule has 1 fully saturated rings. The van der Waals surface area contributed by atoms with Gasteiger partial charge in [0, 0.05) is 11.8 Å². The van der Waals surface area contributed by atoms with Crippen LogP contribution in [-0.2, 0) is 14.6 Å². The highest BCUT2D eigenvalue weighted by molar-refractivity contribution is 7.91. The van der Waals surface area contributed by atoms with Crippen LogP contribution in [0.1, 0.15) is 26.2 Å². The van der Waals surface area contributed by atoms with Gasteiger partial charge in [0.25, 0.3) is 0 Å². The lowest BCUT2D eigenvalue weighted by Gasteiger charge is -2.23. The van der Waals surface area contributed by atoms with Gasteiger partial charge in [0.15, 0.2) is 9.84 Å². The van der Waals surface area contributed by atoms with Crippen LogP contribution in [-0.4, -0.2) is 38.0 Å². The number of hydrogen-bond acceptors (Lipinski definition) is 4. The van der Waals surface area contributed by atoms with Crippen LogP contribution in [0.25, 0.3) is 10.8 Å². The number of carbonyl (C=O) groups is 1. The summed E-state index contributed by atoms with van der Waals surface area (Å²) in [7, 11) is -3.02. The maximum atomic E-state index is 12.1. The Hall–Kier alpha value is -2.08. The molecule has 0 saturated carbocycles. The molecule has 2 aromatic carbocycles. The quantitative estimate of drug-likeness (QED) is 0.803. The summed E-state index contributed by atoms with van der Waals surface area (Å²) < 4.78 is 29.0. The maximum Gasteiger partial charge on any atom is 0.220 e. The number of fused-ring (bicyclic) bond motifs is 1. The summed E-state index contributed by atoms with van der Waals surface area (Å²) >= 11 is 0. The molecule has 134 valence electrons. The molecule has 1 atom stereocenters. The molecule has 1 N–H and O–H groups in total. The standard InChI is InChI=1S/C19H23NO4S/c1-19(11-13-25(22,23)14-19)20-18(21)10-5-12-24-17-9-4-7-15-6-2-3-8-16(15)17/h2-4,6-9H,5,10-14H2,1H3,(H,20,21). The fourth-order valence-corrected chi connectivity index (χ4v) is 5.34. The van der Waals surface area contributed by atoms with Gasteiger partial charge in [0.1, 0.15) is 5.75 Å². The van der Waals surface area contributed by atoms with E-state index in [1.165, 1.54) is 0 Å². The summed E-state index contributed by atoms with van der Waals surface area (Å²) in [6.07, 6.45) is 1.38. The van der Waals surface area contributed by atoms with Crippen LogP contribution in [0, 0.1) is 0 Å². The fourth-order valence-electron chi connectivity index (χ4n) is 3.24. The topological polar surface area (TPSA) is 72.5 Å². The molecule has 0 aromatic heterocycles. The molecular weight excluding hydrogens is 338 g/mol. The van der Waals surface area contributed by atoms with Crippen molar-refractivity contribution in [2.45, 2.75) is 31.7 Å². The van der Waals surface area contributed by atoms with Crippen molar-refractivity contribution in [1.29, 1.82) is 0 Å². The van der Waals surface area contributed by atoms with Gasteiger partial charge in [-0.3, -0.25) is 4.79 Å². The molecule has 0 radical (unpaired) electrons. The minimum atomic E-state index is -3.02. The molecule has 6 heteroatoms. The molecule has 1 saturated heterocycles. The summed E-state index contributed by atoms with van der Waals surface area (Å²) in [5.74, 6) is 0.861. The number of amides is 1. The Labute approximate surface area is 148 Å². The SMILES string of the molecule is CC1(NC(=O)CCCOc2cccc3ccccc23)CCS(=O)(=O)C1. The molecule has 0 aliphatic carbocycles. The van der Waals surface area contributed by atoms with E-state index < -0.39 is 15.4 Å². The average molecular weight is 361 g/mol. The van der Waals surface area contributed by atoms with E-state index in [0.717, 1.165) is 16.5 Å². The number of hydrogen-bond donors (Lipinski definition) is 1. The van der Waals surface area contributed by atoms with Crippen molar-refractivity contribution in [3.63, 3.8) is 0 Å². The first-order valence-electron chi connectivity index (χ1n) is 8.49. The molecular formula is C19H23NO4S. The third-order valence-electron chi connectivity index (χ3n) is 4.50. The van der Waals surface area contributed by atoms with Gasteiger partial charge in [0.2, 0.25) is 5.91 Å². The molecule has 1 heterocycles. The van der Waals surface area contributed by atoms with Crippen LogP contribution in [0.3, 0.4) is 0 Å². The molecule has 1 aliphatic heterocycles. The number of rotatable bonds is 6. The van der Waals surface area contributed by atoms with Crippen molar-refractivity contribution < 1.29 is 17.9 Å². The van der Waals surface area contributed by atoms with Crippen molar-refractivity contribution in [2.75, 3.05) is 18.1 Å². The monoisotopic (exact) mass is 361 g/mol. The summed E-state index contributed by atoms with van der Waals surface area (Å²) in [5.41, 5.74) is -0.633. The summed E-state index contributed by atoms with van der Waals surface area (Å²) in [5, 5.41) is 5.04. The second kappa shape index (κ2) is 7.04. The van der Waals surface area contributed by atoms with Crippen molar-refractivity contribution >= 4 is 26.5 Å². The molecule has 5 nitrogen and oxygen atoms in total. The molecule has 0 bridgehead atoms. The normalized spacial score (nSPS) is 22.0. The second-order valence-corrected chi connectivity index (χ2v) is 9.06. The van der Waals surface area contributed by atoms with Gasteiger partial charge in [-0.25, -0.2) is 8.42 Å². The van der Waals surface area contributed by atoms with Gasteiger partial charge in [-0.2, -0.15) is 0 Å². The Morgan fingerprint density at radius 1 is 1.20 bits per heavy atom. The van der Waals surface area contributed by atoms with Gasteiger partial charge >= 0.3 is 0 Å². The zero-order valence-corrected chi connectivity index (χ0v) is 15.1. The first-order valence-corrected chi connectivity index (χ1v) is 10.3. The number of sulfone groups is 1. The lowest BCUT2D eigenvalue weighted by atomic mass is 10.0. The Kier molecular flexibility index (Phi) is 4.99. The van der Waals surface area contributed by atoms with E-state index in [4.69, 9.17) is 4.74 Å². The van der Waals surface area contributed by atoms with Crippen molar-refractivity contribution in [1.82, 2.24) is 5.32 Å². The number of nitrogens with one attached hydrogen (secondary N) is 1. The minimum Gasteiger partial charge on any atom is -0.493 e. The van der Waals surface area contributed by atoms with E-state index in [2.05, 4.69) is 5.32 Å². The molecule has 1 unspecified atom stereocenters. The third-order valence-corrected chi connectivity index (χ3v) is 6.40. The van der Waals surface area contributed by atoms with Crippen molar-refractivity contribution in [3.05, 3.63) is 42.5 Å². The number of benzene rings is 2. The zero-order chi connectivity index (χ0) is 17.9. The predicted molar refractivity (Wildman–Crippen MR) is 98.5 cm³/mol. The van der Waals surface area contributed by atoms with E-state index in [9.17, 15) is 13.2 Å². The van der Waals surface area contributed by atoms with Gasteiger partial charge in [-0.05, 0) is 31.2 Å². The van der Waals surface area contributed by atoms with E-state index in [1.807, 2.05) is 42.5 Å². The van der Waals surface area contributed by atoms with Crippen molar-refractivity contribution in [3.8, 4) is 5.75 Å². The van der Waals surface area contributed by atoms with Crippen LogP contribution in [0.15, 0.2) is 42.5 Å². The first-order chi connectivity index (χ1) is 11.9. The molecule has 25 heavy (non-hydrogen) atoms. The van der Waals surface area contributed by atoms with Gasteiger partial charge in [0.05, 0.1) is 23.7 Å². The summed E-state index contributed by atoms with van der Waals surface area (Å²) in [6, 6.07) is 13.9. The van der Waals surface area contributed by atoms with Gasteiger partial charge in [-0.15, -0.1) is 0 Å². The van der Waals surface area contributed by atoms with Gasteiger partial charge in [-0.1, -0.05) is 36.4 Å². The molecule has 3 rings (SSSR count). The van der Waals surface area contributed by atoms with Crippen LogP contribution < -0.4 is 10.1 Å². The van der Waals surface area contributed by atoms with Crippen LogP contribution in [0.4, 0.5) is 0 Å². The van der Waals surface area contributed by atoms with Crippen LogP contribution in [0.2, 0.25) is 0 Å². The molecule has 1 amide bonds. The average Bonchev–Trinajstić information content (AvgIpc) is 2.84. The lowest BCUT2D eigenvalue weighted by Crippen LogP contribution is -2.46. The Morgan fingerprint density at radius 2 is 1.96 bits per heavy atom. The van der Waals surface area contributed by atoms with E-state index >= 15 is 0 Å². The highest BCUT2D eigenvalue weighted by atomic mass is 32.2. The molecule has 1 aliphatic rings. The Balaban J connectivity index is 1.48. The third kappa shape index (κ3) is 4.51. The minimum absolute atomic E-state index is 0.0260. The Morgan fingerprint density at radius 3 is 2.72 bits per heavy atom. The summed E-state index contributed by atoms with van der Waals surface area (Å²) in [4.78, 5) is 12.1. The predicted octanol–water partition coefficient (Wildman–Crippen LogP) is 2.69. The largest absolute Gasteiger partial charge is 0.493 e. The lowest BCUT2D eigenvalue weighted by molar-refractivity contribution is -0.122. The molecule has 2 aromatic rings. The van der Waals surface area contributed by atoms with E-state index in [1.54, 1.807) is 6.92 Å². The Bertz CT molecular complexity index is 873. The van der Waals surface area contributed by atoms with E-state index in [0.29, 0.717) is 25.9 Å². The highest BCUT2D eigenvalue weighted by Gasteiger charge is 2.39. The first kappa shape index (κ1) is 17.7. The van der Waals surface area contributed by atoms with Crippen LogP contribution in [0.5, 0.6) is 5.75 Å². The smallest absolute Gasteiger partial charge is 0.220 e. The summed E-state index contributed by atoms with van der Waals surface area (Å²) in [6.45, 7) is 2.23. The van der Waals surface area contributed by atoms with Gasteiger partial charge < -0.3 is 10.1 Å². The zero-order valence-electron chi connectivity index (χ0n) is 14.3.